The van der Waals surface area contributed by atoms with Crippen LogP contribution in [0.2, 0.25) is 0 Å². The van der Waals surface area contributed by atoms with Crippen molar-refractivity contribution in [3.8, 4) is 0 Å². The molecule has 1 heterocycles. The van der Waals surface area contributed by atoms with Crippen molar-refractivity contribution in [2.75, 3.05) is 19.7 Å². The van der Waals surface area contributed by atoms with E-state index in [9.17, 15) is 0 Å². The van der Waals surface area contributed by atoms with Gasteiger partial charge in [-0.2, -0.15) is 0 Å². The van der Waals surface area contributed by atoms with Gasteiger partial charge in [0.2, 0.25) is 0 Å². The van der Waals surface area contributed by atoms with E-state index in [4.69, 9.17) is 9.47 Å². The Hall–Kier alpha value is -0.900. The summed E-state index contributed by atoms with van der Waals surface area (Å²) in [7, 11) is 0. The first kappa shape index (κ1) is 11.6. The molecule has 88 valence electrons. The van der Waals surface area contributed by atoms with Gasteiger partial charge in [-0.3, -0.25) is 0 Å². The lowest BCUT2D eigenvalue weighted by molar-refractivity contribution is -0.0716. The highest BCUT2D eigenvalue weighted by molar-refractivity contribution is 5.13. The van der Waals surface area contributed by atoms with Crippen LogP contribution in [0.15, 0.2) is 30.3 Å². The summed E-state index contributed by atoms with van der Waals surface area (Å²) in [5.74, 6) is 0. The first-order chi connectivity index (χ1) is 7.84. The summed E-state index contributed by atoms with van der Waals surface area (Å²) in [5.41, 5.74) is 1.21. The lowest BCUT2D eigenvalue weighted by Crippen LogP contribution is -2.45. The van der Waals surface area contributed by atoms with Crippen LogP contribution in [-0.2, 0) is 16.1 Å². The van der Waals surface area contributed by atoms with E-state index in [2.05, 4.69) is 24.4 Å². The summed E-state index contributed by atoms with van der Waals surface area (Å²) in [6.07, 6.45) is 0.478. The van der Waals surface area contributed by atoms with E-state index in [0.717, 1.165) is 13.1 Å². The Labute approximate surface area is 96.8 Å². The Balaban J connectivity index is 1.68. The van der Waals surface area contributed by atoms with E-state index >= 15 is 0 Å². The maximum atomic E-state index is 5.74. The molecule has 3 heteroatoms. The Morgan fingerprint density at radius 3 is 2.88 bits per heavy atom. The fourth-order valence-electron chi connectivity index (χ4n) is 1.85. The SMILES string of the molecule is C[C@@H]1CNC[C@H](COCc2ccccc2)O1. The Kier molecular flexibility index (Phi) is 4.34. The van der Waals surface area contributed by atoms with Crippen molar-refractivity contribution in [1.29, 1.82) is 0 Å². The first-order valence-electron chi connectivity index (χ1n) is 5.82. The largest absolute Gasteiger partial charge is 0.374 e. The quantitative estimate of drug-likeness (QED) is 0.837. The zero-order valence-electron chi connectivity index (χ0n) is 9.69. The Bertz CT molecular complexity index is 302. The van der Waals surface area contributed by atoms with Crippen LogP contribution in [0.25, 0.3) is 0 Å². The van der Waals surface area contributed by atoms with Gasteiger partial charge in [-0.15, -0.1) is 0 Å². The summed E-state index contributed by atoms with van der Waals surface area (Å²) >= 11 is 0. The van der Waals surface area contributed by atoms with Gasteiger partial charge in [-0.25, -0.2) is 0 Å². The highest BCUT2D eigenvalue weighted by Gasteiger charge is 2.18. The average molecular weight is 221 g/mol. The van der Waals surface area contributed by atoms with Gasteiger partial charge >= 0.3 is 0 Å². The molecular weight excluding hydrogens is 202 g/mol. The first-order valence-corrected chi connectivity index (χ1v) is 5.82. The molecular formula is C13H19NO2. The summed E-state index contributed by atoms with van der Waals surface area (Å²) < 4.78 is 11.4. The third-order valence-corrected chi connectivity index (χ3v) is 2.64. The molecule has 0 aliphatic carbocycles. The van der Waals surface area contributed by atoms with Crippen molar-refractivity contribution < 1.29 is 9.47 Å². The van der Waals surface area contributed by atoms with Crippen LogP contribution in [0, 0.1) is 0 Å². The molecule has 0 radical (unpaired) electrons. The smallest absolute Gasteiger partial charge is 0.0936 e. The molecule has 0 amide bonds. The number of hydrogen-bond donors (Lipinski definition) is 1. The number of ether oxygens (including phenoxy) is 2. The van der Waals surface area contributed by atoms with Gasteiger partial charge in [0.1, 0.15) is 0 Å². The van der Waals surface area contributed by atoms with Crippen molar-refractivity contribution in [3.63, 3.8) is 0 Å². The molecule has 1 aromatic carbocycles. The summed E-state index contributed by atoms with van der Waals surface area (Å²) in [6.45, 7) is 5.23. The molecule has 0 spiro atoms. The highest BCUT2D eigenvalue weighted by Crippen LogP contribution is 2.06. The molecule has 0 aromatic heterocycles. The van der Waals surface area contributed by atoms with Crippen LogP contribution in [0.4, 0.5) is 0 Å². The van der Waals surface area contributed by atoms with Crippen LogP contribution >= 0.6 is 0 Å². The minimum Gasteiger partial charge on any atom is -0.374 e. The predicted molar refractivity (Wildman–Crippen MR) is 63.3 cm³/mol. The fraction of sp³-hybridized carbons (Fsp3) is 0.538. The Morgan fingerprint density at radius 1 is 1.31 bits per heavy atom. The molecule has 1 aliphatic rings. The monoisotopic (exact) mass is 221 g/mol. The minimum absolute atomic E-state index is 0.187. The van der Waals surface area contributed by atoms with Crippen molar-refractivity contribution >= 4 is 0 Å². The van der Waals surface area contributed by atoms with Crippen molar-refractivity contribution in [1.82, 2.24) is 5.32 Å². The molecule has 1 aliphatic heterocycles. The number of morpholine rings is 1. The number of rotatable bonds is 4. The van der Waals surface area contributed by atoms with E-state index in [1.54, 1.807) is 0 Å². The van der Waals surface area contributed by atoms with Crippen molar-refractivity contribution in [3.05, 3.63) is 35.9 Å². The topological polar surface area (TPSA) is 30.5 Å². The maximum Gasteiger partial charge on any atom is 0.0936 e. The molecule has 0 unspecified atom stereocenters. The third-order valence-electron chi connectivity index (χ3n) is 2.64. The molecule has 1 fully saturated rings. The number of benzene rings is 1. The summed E-state index contributed by atoms with van der Waals surface area (Å²) in [5, 5.41) is 3.33. The third kappa shape index (κ3) is 3.59. The van der Waals surface area contributed by atoms with Gasteiger partial charge in [-0.05, 0) is 12.5 Å². The van der Waals surface area contributed by atoms with E-state index < -0.39 is 0 Å². The number of nitrogens with one attached hydrogen (secondary N) is 1. The van der Waals surface area contributed by atoms with Gasteiger partial charge in [-0.1, -0.05) is 30.3 Å². The van der Waals surface area contributed by atoms with Crippen LogP contribution in [0.3, 0.4) is 0 Å². The zero-order chi connectivity index (χ0) is 11.2. The Morgan fingerprint density at radius 2 is 2.12 bits per heavy atom. The van der Waals surface area contributed by atoms with Gasteiger partial charge in [0.05, 0.1) is 25.4 Å². The molecule has 3 nitrogen and oxygen atoms in total. The lowest BCUT2D eigenvalue weighted by atomic mass is 10.2. The van der Waals surface area contributed by atoms with Gasteiger partial charge in [0, 0.05) is 13.1 Å². The highest BCUT2D eigenvalue weighted by atomic mass is 16.5. The normalized spacial score (nSPS) is 25.6. The van der Waals surface area contributed by atoms with E-state index in [-0.39, 0.29) is 6.10 Å². The average Bonchev–Trinajstić information content (AvgIpc) is 2.30. The number of hydrogen-bond acceptors (Lipinski definition) is 3. The molecule has 1 N–H and O–H groups in total. The van der Waals surface area contributed by atoms with Gasteiger partial charge in [0.15, 0.2) is 0 Å². The van der Waals surface area contributed by atoms with Gasteiger partial charge in [0.25, 0.3) is 0 Å². The van der Waals surface area contributed by atoms with Crippen LogP contribution < -0.4 is 5.32 Å². The van der Waals surface area contributed by atoms with E-state index in [0.29, 0.717) is 19.3 Å². The standard InChI is InChI=1S/C13H19NO2/c1-11-7-14-8-13(16-11)10-15-9-12-5-3-2-4-6-12/h2-6,11,13-14H,7-10H2,1H3/t11-,13-/m1/s1. The second kappa shape index (κ2) is 5.99. The van der Waals surface area contributed by atoms with E-state index in [1.165, 1.54) is 5.56 Å². The summed E-state index contributed by atoms with van der Waals surface area (Å²) in [6, 6.07) is 10.2. The minimum atomic E-state index is 0.187. The molecule has 2 atom stereocenters. The van der Waals surface area contributed by atoms with Crippen LogP contribution in [0.5, 0.6) is 0 Å². The molecule has 1 saturated heterocycles. The lowest BCUT2D eigenvalue weighted by Gasteiger charge is -2.28. The summed E-state index contributed by atoms with van der Waals surface area (Å²) in [4.78, 5) is 0. The van der Waals surface area contributed by atoms with Gasteiger partial charge < -0.3 is 14.8 Å². The predicted octanol–water partition coefficient (Wildman–Crippen LogP) is 1.58. The fourth-order valence-corrected chi connectivity index (χ4v) is 1.85. The van der Waals surface area contributed by atoms with Crippen molar-refractivity contribution in [2.45, 2.75) is 25.7 Å². The molecule has 16 heavy (non-hydrogen) atoms. The second-order valence-electron chi connectivity index (χ2n) is 4.23. The van der Waals surface area contributed by atoms with Crippen LogP contribution in [-0.4, -0.2) is 31.9 Å². The molecule has 0 bridgehead atoms. The van der Waals surface area contributed by atoms with Crippen LogP contribution in [0.1, 0.15) is 12.5 Å². The molecule has 2 rings (SSSR count). The van der Waals surface area contributed by atoms with Crippen molar-refractivity contribution in [2.24, 2.45) is 0 Å². The molecule has 0 saturated carbocycles. The molecule has 1 aromatic rings. The van der Waals surface area contributed by atoms with E-state index in [1.807, 2.05) is 18.2 Å². The second-order valence-corrected chi connectivity index (χ2v) is 4.23. The maximum absolute atomic E-state index is 5.74. The zero-order valence-corrected chi connectivity index (χ0v) is 9.69.